The van der Waals surface area contributed by atoms with Crippen LogP contribution in [-0.2, 0) is 0 Å². The third-order valence-corrected chi connectivity index (χ3v) is 5.38. The van der Waals surface area contributed by atoms with Gasteiger partial charge in [-0.1, -0.05) is 34.8 Å². The maximum Gasteiger partial charge on any atom is 0.139 e. The van der Waals surface area contributed by atoms with Gasteiger partial charge in [-0.2, -0.15) is 0 Å². The topological polar surface area (TPSA) is 32.6 Å². The first-order valence-electron chi connectivity index (χ1n) is 5.99. The molecule has 110 valence electrons. The van der Waals surface area contributed by atoms with Crippen LogP contribution < -0.4 is 0 Å². The molecule has 6 heteroatoms. The van der Waals surface area contributed by atoms with E-state index in [4.69, 9.17) is 34.8 Å². The lowest BCUT2D eigenvalue weighted by Gasteiger charge is -2.11. The zero-order valence-corrected chi connectivity index (χ0v) is 15.1. The zero-order chi connectivity index (χ0) is 15.7. The van der Waals surface area contributed by atoms with Gasteiger partial charge in [0, 0.05) is 16.8 Å². The minimum Gasteiger partial charge on any atom is -0.506 e. The van der Waals surface area contributed by atoms with Gasteiger partial charge in [-0.3, -0.25) is 4.99 Å². The Morgan fingerprint density at radius 2 is 1.76 bits per heavy atom. The molecule has 1 N–H and O–H groups in total. The largest absolute Gasteiger partial charge is 0.506 e. The van der Waals surface area contributed by atoms with Crippen LogP contribution in [0.1, 0.15) is 16.7 Å². The third kappa shape index (κ3) is 3.37. The molecule has 2 aromatic carbocycles. The van der Waals surface area contributed by atoms with E-state index in [-0.39, 0.29) is 5.75 Å². The van der Waals surface area contributed by atoms with Crippen molar-refractivity contribution in [2.75, 3.05) is 0 Å². The van der Waals surface area contributed by atoms with Crippen molar-refractivity contribution in [3.8, 4) is 5.75 Å². The van der Waals surface area contributed by atoms with E-state index in [1.807, 2.05) is 13.8 Å². The third-order valence-electron chi connectivity index (χ3n) is 3.10. The van der Waals surface area contributed by atoms with Gasteiger partial charge in [0.25, 0.3) is 0 Å². The van der Waals surface area contributed by atoms with Crippen LogP contribution in [0.3, 0.4) is 0 Å². The summed E-state index contributed by atoms with van der Waals surface area (Å²) in [5, 5.41) is 11.7. The Hall–Kier alpha value is -0.740. The molecule has 0 aliphatic heterocycles. The van der Waals surface area contributed by atoms with Gasteiger partial charge in [0.1, 0.15) is 5.75 Å². The average molecular weight is 408 g/mol. The SMILES string of the molecule is Cc1c(Cl)c(C)c(C=Nc2ccc(Cl)c(Cl)c2)c(O)c1Br. The minimum absolute atomic E-state index is 0.109. The van der Waals surface area contributed by atoms with Gasteiger partial charge in [0.15, 0.2) is 0 Å². The van der Waals surface area contributed by atoms with Crippen molar-refractivity contribution in [2.45, 2.75) is 13.8 Å². The summed E-state index contributed by atoms with van der Waals surface area (Å²) in [6, 6.07) is 5.06. The van der Waals surface area contributed by atoms with Crippen LogP contribution in [0.25, 0.3) is 0 Å². The van der Waals surface area contributed by atoms with Crippen LogP contribution in [-0.4, -0.2) is 11.3 Å². The van der Waals surface area contributed by atoms with Crippen molar-refractivity contribution < 1.29 is 5.11 Å². The first-order chi connectivity index (χ1) is 9.82. The van der Waals surface area contributed by atoms with E-state index >= 15 is 0 Å². The smallest absolute Gasteiger partial charge is 0.139 e. The summed E-state index contributed by atoms with van der Waals surface area (Å²) < 4.78 is 0.564. The van der Waals surface area contributed by atoms with Crippen molar-refractivity contribution in [2.24, 2.45) is 4.99 Å². The molecular weight excluding hydrogens is 396 g/mol. The van der Waals surface area contributed by atoms with E-state index in [2.05, 4.69) is 20.9 Å². The molecule has 0 amide bonds. The maximum atomic E-state index is 10.2. The molecule has 2 aromatic rings. The molecule has 0 aromatic heterocycles. The van der Waals surface area contributed by atoms with Gasteiger partial charge in [-0.25, -0.2) is 0 Å². The normalized spacial score (nSPS) is 11.3. The highest BCUT2D eigenvalue weighted by Crippen LogP contribution is 2.38. The first kappa shape index (κ1) is 16.6. The van der Waals surface area contributed by atoms with Crippen molar-refractivity contribution >= 4 is 62.6 Å². The number of hydrogen-bond acceptors (Lipinski definition) is 2. The van der Waals surface area contributed by atoms with E-state index in [1.54, 1.807) is 24.4 Å². The molecule has 0 spiro atoms. The molecule has 0 aliphatic carbocycles. The standard InChI is InChI=1S/C15H11BrCl3NO/c1-7-10(15(21)13(16)8(2)14(7)19)6-20-9-3-4-11(17)12(18)5-9/h3-6,21H,1-2H3. The second kappa shape index (κ2) is 6.57. The number of phenolic OH excluding ortho intramolecular Hbond substituents is 1. The summed E-state index contributed by atoms with van der Waals surface area (Å²) >= 11 is 21.4. The van der Waals surface area contributed by atoms with Crippen LogP contribution in [0.2, 0.25) is 15.1 Å². The molecule has 0 fully saturated rings. The summed E-state index contributed by atoms with van der Waals surface area (Å²) in [5.74, 6) is 0.109. The van der Waals surface area contributed by atoms with Crippen LogP contribution >= 0.6 is 50.7 Å². The summed E-state index contributed by atoms with van der Waals surface area (Å²) in [4.78, 5) is 4.30. The van der Waals surface area contributed by atoms with Gasteiger partial charge in [-0.15, -0.1) is 0 Å². The molecule has 21 heavy (non-hydrogen) atoms. The Labute approximate surface area is 146 Å². The molecule has 0 saturated carbocycles. The van der Waals surface area contributed by atoms with E-state index < -0.39 is 0 Å². The quantitative estimate of drug-likeness (QED) is 0.568. The Balaban J connectivity index is 2.48. The lowest BCUT2D eigenvalue weighted by Crippen LogP contribution is -1.94. The number of benzene rings is 2. The fourth-order valence-electron chi connectivity index (χ4n) is 1.83. The van der Waals surface area contributed by atoms with E-state index in [9.17, 15) is 5.11 Å². The van der Waals surface area contributed by atoms with Crippen molar-refractivity contribution in [3.05, 3.63) is 54.4 Å². The Kier molecular flexibility index (Phi) is 5.20. The van der Waals surface area contributed by atoms with Gasteiger partial charge in [0.2, 0.25) is 0 Å². The molecule has 2 rings (SSSR count). The minimum atomic E-state index is 0.109. The fourth-order valence-corrected chi connectivity index (χ4v) is 2.85. The molecule has 0 bridgehead atoms. The molecule has 0 aliphatic rings. The van der Waals surface area contributed by atoms with Crippen LogP contribution in [0.5, 0.6) is 5.75 Å². The fraction of sp³-hybridized carbons (Fsp3) is 0.133. The number of phenols is 1. The Morgan fingerprint density at radius 1 is 1.10 bits per heavy atom. The van der Waals surface area contributed by atoms with E-state index in [0.29, 0.717) is 30.8 Å². The van der Waals surface area contributed by atoms with Gasteiger partial charge >= 0.3 is 0 Å². The summed E-state index contributed by atoms with van der Waals surface area (Å²) in [6.07, 6.45) is 1.56. The second-order valence-corrected chi connectivity index (χ2v) is 6.48. The molecule has 0 atom stereocenters. The van der Waals surface area contributed by atoms with Gasteiger partial charge in [-0.05, 0) is 59.1 Å². The number of halogens is 4. The van der Waals surface area contributed by atoms with Crippen molar-refractivity contribution in [1.29, 1.82) is 0 Å². The lowest BCUT2D eigenvalue weighted by molar-refractivity contribution is 0.470. The Bertz CT molecular complexity index is 715. The average Bonchev–Trinajstić information content (AvgIpc) is 2.46. The van der Waals surface area contributed by atoms with Crippen LogP contribution in [0.15, 0.2) is 27.7 Å². The highest BCUT2D eigenvalue weighted by atomic mass is 79.9. The van der Waals surface area contributed by atoms with Gasteiger partial charge in [0.05, 0.1) is 20.2 Å². The summed E-state index contributed by atoms with van der Waals surface area (Å²) in [6.45, 7) is 3.66. The highest BCUT2D eigenvalue weighted by Gasteiger charge is 2.15. The lowest BCUT2D eigenvalue weighted by atomic mass is 10.0. The van der Waals surface area contributed by atoms with E-state index in [0.717, 1.165) is 11.1 Å². The number of rotatable bonds is 2. The molecule has 0 heterocycles. The molecule has 0 saturated heterocycles. The predicted molar refractivity (Wildman–Crippen MR) is 94.0 cm³/mol. The summed E-state index contributed by atoms with van der Waals surface area (Å²) in [7, 11) is 0. The maximum absolute atomic E-state index is 10.2. The monoisotopic (exact) mass is 405 g/mol. The zero-order valence-electron chi connectivity index (χ0n) is 11.2. The number of nitrogens with zero attached hydrogens (tertiary/aromatic N) is 1. The van der Waals surface area contributed by atoms with Crippen molar-refractivity contribution in [1.82, 2.24) is 0 Å². The number of aromatic hydroxyl groups is 1. The Morgan fingerprint density at radius 3 is 2.38 bits per heavy atom. The molecule has 0 radical (unpaired) electrons. The molecular formula is C15H11BrCl3NO. The summed E-state index contributed by atoms with van der Waals surface area (Å²) in [5.41, 5.74) is 2.75. The first-order valence-corrected chi connectivity index (χ1v) is 7.91. The van der Waals surface area contributed by atoms with Gasteiger partial charge < -0.3 is 5.11 Å². The highest BCUT2D eigenvalue weighted by molar-refractivity contribution is 9.10. The number of hydrogen-bond donors (Lipinski definition) is 1. The molecule has 0 unspecified atom stereocenters. The predicted octanol–water partition coefficient (Wildman–Crippen LogP) is 6.48. The van der Waals surface area contributed by atoms with Crippen LogP contribution in [0, 0.1) is 13.8 Å². The van der Waals surface area contributed by atoms with E-state index in [1.165, 1.54) is 0 Å². The van der Waals surface area contributed by atoms with Crippen LogP contribution in [0.4, 0.5) is 5.69 Å². The second-order valence-electron chi connectivity index (χ2n) is 4.50. The van der Waals surface area contributed by atoms with Crippen molar-refractivity contribution in [3.63, 3.8) is 0 Å². The number of aliphatic imine (C=N–C) groups is 1. The molecule has 2 nitrogen and oxygen atoms in total.